The quantitative estimate of drug-likeness (QED) is 0.689. The molecule has 3 rings (SSSR count). The molecule has 1 aromatic carbocycles. The van der Waals surface area contributed by atoms with Gasteiger partial charge in [-0.3, -0.25) is 10.1 Å². The molecular weight excluding hydrogens is 405 g/mol. The Morgan fingerprint density at radius 2 is 2.13 bits per heavy atom. The number of aliphatic imine (C=N–C) groups is 1. The normalized spacial score (nSPS) is 18.2. The van der Waals surface area contributed by atoms with Crippen LogP contribution in [0.15, 0.2) is 41.5 Å². The highest BCUT2D eigenvalue weighted by Crippen LogP contribution is 2.37. The Bertz CT molecular complexity index is 1070. The van der Waals surface area contributed by atoms with Crippen molar-refractivity contribution in [3.05, 3.63) is 53.5 Å². The number of benzene rings is 1. The number of hydrogen-bond donors (Lipinski definition) is 3. The van der Waals surface area contributed by atoms with Gasteiger partial charge in [0, 0.05) is 23.5 Å². The van der Waals surface area contributed by atoms with Gasteiger partial charge < -0.3 is 15.8 Å². The van der Waals surface area contributed by atoms with Crippen molar-refractivity contribution in [3.63, 3.8) is 0 Å². The fraction of sp³-hybridized carbons (Fsp3) is 0.167. The van der Waals surface area contributed by atoms with Gasteiger partial charge in [0.25, 0.3) is 12.3 Å². The number of pyridine rings is 1. The van der Waals surface area contributed by atoms with Crippen molar-refractivity contribution in [3.8, 4) is 11.9 Å². The standard InChI is InChI=1S/C18H13F3N6O3/c19-12-3-2-10(26-17(29)30-13-4-1-9(6-22)7-24-13)5-11(12)18(16(20)21)8-25-15(28)14(23)27-18/h1-5,7,16H,8H2,(H2,23,27)(H,25,28)(H,26,29). The van der Waals surface area contributed by atoms with Crippen molar-refractivity contribution in [2.24, 2.45) is 10.7 Å². The highest BCUT2D eigenvalue weighted by atomic mass is 19.3. The third-order valence-corrected chi connectivity index (χ3v) is 4.17. The van der Waals surface area contributed by atoms with Gasteiger partial charge >= 0.3 is 6.09 Å². The number of carbonyl (C=O) groups excluding carboxylic acids is 2. The third kappa shape index (κ3) is 4.00. The van der Waals surface area contributed by atoms with E-state index < -0.39 is 47.7 Å². The van der Waals surface area contributed by atoms with E-state index in [1.807, 2.05) is 6.07 Å². The molecule has 4 N–H and O–H groups in total. The van der Waals surface area contributed by atoms with Crippen LogP contribution in [-0.2, 0) is 10.3 Å². The molecule has 0 radical (unpaired) electrons. The maximum absolute atomic E-state index is 14.4. The molecule has 30 heavy (non-hydrogen) atoms. The zero-order valence-electron chi connectivity index (χ0n) is 15.0. The Hall–Kier alpha value is -4.14. The molecule has 12 heteroatoms. The first-order valence-corrected chi connectivity index (χ1v) is 8.32. The minimum Gasteiger partial charge on any atom is -0.391 e. The van der Waals surface area contributed by atoms with Crippen molar-refractivity contribution in [1.29, 1.82) is 5.26 Å². The number of alkyl halides is 2. The van der Waals surface area contributed by atoms with Gasteiger partial charge in [-0.05, 0) is 24.3 Å². The molecule has 9 nitrogen and oxygen atoms in total. The number of amides is 2. The van der Waals surface area contributed by atoms with Crippen LogP contribution in [0.5, 0.6) is 5.88 Å². The number of nitriles is 1. The highest BCUT2D eigenvalue weighted by Gasteiger charge is 2.47. The van der Waals surface area contributed by atoms with Crippen LogP contribution in [0.3, 0.4) is 0 Å². The second-order valence-electron chi connectivity index (χ2n) is 6.11. The molecule has 1 atom stereocenters. The lowest BCUT2D eigenvalue weighted by Gasteiger charge is -2.33. The number of aromatic nitrogens is 1. The number of hydrogen-bond acceptors (Lipinski definition) is 7. The summed E-state index contributed by atoms with van der Waals surface area (Å²) in [4.78, 5) is 30.8. The molecule has 0 spiro atoms. The van der Waals surface area contributed by atoms with Gasteiger partial charge in [-0.15, -0.1) is 0 Å². The fourth-order valence-electron chi connectivity index (χ4n) is 2.69. The molecule has 0 fully saturated rings. The van der Waals surface area contributed by atoms with Crippen LogP contribution in [0.4, 0.5) is 23.7 Å². The van der Waals surface area contributed by atoms with Crippen LogP contribution in [-0.4, -0.2) is 35.8 Å². The van der Waals surface area contributed by atoms with Gasteiger partial charge in [-0.1, -0.05) is 0 Å². The molecule has 2 heterocycles. The zero-order valence-corrected chi connectivity index (χ0v) is 15.0. The van der Waals surface area contributed by atoms with E-state index in [-0.39, 0.29) is 17.1 Å². The van der Waals surface area contributed by atoms with E-state index in [1.165, 1.54) is 18.3 Å². The van der Waals surface area contributed by atoms with Gasteiger partial charge in [0.05, 0.1) is 12.1 Å². The predicted octanol–water partition coefficient (Wildman–Crippen LogP) is 1.65. The van der Waals surface area contributed by atoms with Crippen molar-refractivity contribution in [2.45, 2.75) is 12.0 Å². The van der Waals surface area contributed by atoms with Crippen LogP contribution in [0.25, 0.3) is 0 Å². The predicted molar refractivity (Wildman–Crippen MR) is 97.3 cm³/mol. The van der Waals surface area contributed by atoms with Gasteiger partial charge in [0.2, 0.25) is 5.88 Å². The van der Waals surface area contributed by atoms with Crippen LogP contribution in [0.1, 0.15) is 11.1 Å². The summed E-state index contributed by atoms with van der Waals surface area (Å²) >= 11 is 0. The average molecular weight is 418 g/mol. The molecule has 1 aromatic heterocycles. The first-order chi connectivity index (χ1) is 14.2. The summed E-state index contributed by atoms with van der Waals surface area (Å²) in [5, 5.41) is 13.1. The van der Waals surface area contributed by atoms with Gasteiger partial charge in [0.15, 0.2) is 11.4 Å². The van der Waals surface area contributed by atoms with E-state index in [4.69, 9.17) is 15.7 Å². The van der Waals surface area contributed by atoms with Gasteiger partial charge in [-0.25, -0.2) is 27.9 Å². The van der Waals surface area contributed by atoms with E-state index >= 15 is 0 Å². The summed E-state index contributed by atoms with van der Waals surface area (Å²) in [5.41, 5.74) is 2.51. The topological polar surface area (TPSA) is 142 Å². The van der Waals surface area contributed by atoms with Crippen LogP contribution < -0.4 is 21.1 Å². The zero-order chi connectivity index (χ0) is 21.9. The molecule has 0 saturated heterocycles. The minimum absolute atomic E-state index is 0.0734. The molecule has 0 bridgehead atoms. The number of anilines is 1. The maximum atomic E-state index is 14.4. The van der Waals surface area contributed by atoms with E-state index in [9.17, 15) is 22.8 Å². The van der Waals surface area contributed by atoms with Crippen LogP contribution in [0.2, 0.25) is 0 Å². The number of halogens is 3. The number of nitrogens with one attached hydrogen (secondary N) is 2. The monoisotopic (exact) mass is 418 g/mol. The number of ether oxygens (including phenoxy) is 1. The van der Waals surface area contributed by atoms with Crippen molar-refractivity contribution < 1.29 is 27.5 Å². The lowest BCUT2D eigenvalue weighted by molar-refractivity contribution is -0.116. The maximum Gasteiger partial charge on any atom is 0.418 e. The number of nitrogens with zero attached hydrogens (tertiary/aromatic N) is 3. The van der Waals surface area contributed by atoms with Gasteiger partial charge in [0.1, 0.15) is 11.9 Å². The van der Waals surface area contributed by atoms with Crippen LogP contribution in [0, 0.1) is 17.1 Å². The highest BCUT2D eigenvalue weighted by molar-refractivity contribution is 6.37. The molecule has 1 unspecified atom stereocenters. The molecule has 154 valence electrons. The Kier molecular flexibility index (Phi) is 5.54. The van der Waals surface area contributed by atoms with Crippen molar-refractivity contribution >= 4 is 23.5 Å². The molecule has 2 amide bonds. The first-order valence-electron chi connectivity index (χ1n) is 8.32. The second kappa shape index (κ2) is 8.08. The van der Waals surface area contributed by atoms with Crippen molar-refractivity contribution in [2.75, 3.05) is 11.9 Å². The molecule has 2 aromatic rings. The lowest BCUT2D eigenvalue weighted by atomic mass is 9.88. The van der Waals surface area contributed by atoms with E-state index in [0.717, 1.165) is 18.2 Å². The number of rotatable bonds is 4. The SMILES string of the molecule is N#Cc1ccc(OC(=O)Nc2ccc(F)c(C3(C(F)F)CNC(=O)C(N)=N3)c2)nc1. The third-order valence-electron chi connectivity index (χ3n) is 4.17. The molecule has 0 saturated carbocycles. The second-order valence-corrected chi connectivity index (χ2v) is 6.11. The summed E-state index contributed by atoms with van der Waals surface area (Å²) < 4.78 is 47.0. The first kappa shape index (κ1) is 20.6. The summed E-state index contributed by atoms with van der Waals surface area (Å²) in [5.74, 6) is -2.72. The smallest absolute Gasteiger partial charge is 0.391 e. The summed E-state index contributed by atoms with van der Waals surface area (Å²) in [6.45, 7) is -0.690. The largest absolute Gasteiger partial charge is 0.418 e. The molecule has 0 aliphatic carbocycles. The Morgan fingerprint density at radius 3 is 2.73 bits per heavy atom. The Balaban J connectivity index is 1.86. The lowest BCUT2D eigenvalue weighted by Crippen LogP contribution is -2.54. The molecule has 1 aliphatic heterocycles. The number of amidine groups is 1. The summed E-state index contributed by atoms with van der Waals surface area (Å²) in [7, 11) is 0. The van der Waals surface area contributed by atoms with E-state index in [0.29, 0.717) is 0 Å². The average Bonchev–Trinajstić information content (AvgIpc) is 2.72. The van der Waals surface area contributed by atoms with Gasteiger partial charge in [-0.2, -0.15) is 5.26 Å². The fourth-order valence-corrected chi connectivity index (χ4v) is 2.69. The van der Waals surface area contributed by atoms with E-state index in [2.05, 4.69) is 20.6 Å². The van der Waals surface area contributed by atoms with E-state index in [1.54, 1.807) is 0 Å². The summed E-state index contributed by atoms with van der Waals surface area (Å²) in [6, 6.07) is 7.43. The molecular formula is C18H13F3N6O3. The van der Waals surface area contributed by atoms with Crippen LogP contribution >= 0.6 is 0 Å². The Morgan fingerprint density at radius 1 is 1.37 bits per heavy atom. The minimum atomic E-state index is -3.21. The Labute approximate surface area is 167 Å². The van der Waals surface area contributed by atoms with Crippen molar-refractivity contribution in [1.82, 2.24) is 10.3 Å². The molecule has 1 aliphatic rings. The number of carbonyl (C=O) groups is 2. The summed E-state index contributed by atoms with van der Waals surface area (Å²) in [6.07, 6.45) is -3.06. The number of nitrogens with two attached hydrogens (primary N) is 1.